The highest BCUT2D eigenvalue weighted by atomic mass is 16.5. The predicted molar refractivity (Wildman–Crippen MR) is 194 cm³/mol. The third kappa shape index (κ3) is 11.5. The van der Waals surface area contributed by atoms with E-state index in [2.05, 4.69) is 37.8 Å². The van der Waals surface area contributed by atoms with Crippen molar-refractivity contribution < 1.29 is 23.9 Å². The summed E-state index contributed by atoms with van der Waals surface area (Å²) in [7, 11) is 1.70. The van der Waals surface area contributed by atoms with E-state index in [1.54, 1.807) is 20.3 Å². The van der Waals surface area contributed by atoms with Crippen molar-refractivity contribution in [1.82, 2.24) is 0 Å². The summed E-state index contributed by atoms with van der Waals surface area (Å²) in [5, 5.41) is 0. The average Bonchev–Trinajstić information content (AvgIpc) is 3.94. The number of aryl methyl sites for hydroxylation is 1. The molecule has 1 fully saturated rings. The molecule has 2 aromatic carbocycles. The lowest BCUT2D eigenvalue weighted by Crippen LogP contribution is -2.15. The highest BCUT2D eigenvalue weighted by Gasteiger charge is 2.26. The molecule has 2 aliphatic carbocycles. The quantitative estimate of drug-likeness (QED) is 0.0762. The van der Waals surface area contributed by atoms with Gasteiger partial charge in [0.2, 0.25) is 0 Å². The van der Waals surface area contributed by atoms with Gasteiger partial charge in [-0.25, -0.2) is 0 Å². The molecular formula is C43H56O5. The van der Waals surface area contributed by atoms with Crippen LogP contribution in [0.15, 0.2) is 78.3 Å². The number of hydrogen-bond donors (Lipinski definition) is 0. The minimum absolute atomic E-state index is 0.00650. The van der Waals surface area contributed by atoms with Crippen LogP contribution in [-0.4, -0.2) is 24.5 Å². The number of carbonyl (C=O) groups is 3. The fraction of sp³-hybridized carbons (Fsp3) is 0.512. The lowest BCUT2D eigenvalue weighted by molar-refractivity contribution is -0.116. The van der Waals surface area contributed by atoms with Crippen LogP contribution in [0, 0.1) is 17.8 Å². The molecule has 2 aliphatic rings. The molecule has 4 rings (SSSR count). The van der Waals surface area contributed by atoms with Crippen molar-refractivity contribution in [2.75, 3.05) is 7.11 Å². The van der Waals surface area contributed by atoms with Gasteiger partial charge in [0.15, 0.2) is 17.3 Å². The van der Waals surface area contributed by atoms with E-state index in [4.69, 9.17) is 9.47 Å². The Bertz CT molecular complexity index is 1490. The number of allylic oxidation sites excluding steroid dienone is 4. The number of Topliss-reactive ketones (excluding diaryl/α,β-unsaturated/α-hetero) is 3. The topological polar surface area (TPSA) is 69.7 Å². The summed E-state index contributed by atoms with van der Waals surface area (Å²) < 4.78 is 11.1. The van der Waals surface area contributed by atoms with Gasteiger partial charge in [-0.05, 0) is 124 Å². The predicted octanol–water partition coefficient (Wildman–Crippen LogP) is 10.3. The molecule has 0 heterocycles. The lowest BCUT2D eigenvalue weighted by atomic mass is 9.85. The highest BCUT2D eigenvalue weighted by molar-refractivity contribution is 5.99. The van der Waals surface area contributed by atoms with Crippen LogP contribution >= 0.6 is 0 Å². The van der Waals surface area contributed by atoms with Crippen LogP contribution in [-0.2, 0) is 33.6 Å². The van der Waals surface area contributed by atoms with Crippen molar-refractivity contribution in [2.45, 2.75) is 117 Å². The Balaban J connectivity index is 1.46. The van der Waals surface area contributed by atoms with Gasteiger partial charge in [-0.1, -0.05) is 63.6 Å². The van der Waals surface area contributed by atoms with E-state index in [9.17, 15) is 14.4 Å². The molecule has 0 saturated heterocycles. The first-order chi connectivity index (χ1) is 23.2. The van der Waals surface area contributed by atoms with Crippen molar-refractivity contribution in [3.8, 4) is 5.75 Å². The first-order valence-electron chi connectivity index (χ1n) is 18.2. The number of ketones is 3. The third-order valence-electron chi connectivity index (χ3n) is 10.0. The van der Waals surface area contributed by atoms with Gasteiger partial charge in [-0.3, -0.25) is 14.4 Å². The van der Waals surface area contributed by atoms with Gasteiger partial charge in [-0.2, -0.15) is 0 Å². The summed E-state index contributed by atoms with van der Waals surface area (Å²) in [5.74, 6) is 2.69. The highest BCUT2D eigenvalue weighted by Crippen LogP contribution is 2.36. The molecular weight excluding hydrogens is 596 g/mol. The minimum atomic E-state index is -0.161. The molecule has 0 spiro atoms. The summed E-state index contributed by atoms with van der Waals surface area (Å²) in [6.45, 7) is 10.0. The SMILES string of the molecule is C=C(OC=C(C)C(=O)Cc1cc(C(=O)C(C)CCCC2=CCCCC2=O)ccc1CC(CCC)CCCc1cccc(OC)c1)C1CC1. The lowest BCUT2D eigenvalue weighted by Gasteiger charge is -2.20. The monoisotopic (exact) mass is 652 g/mol. The van der Waals surface area contributed by atoms with E-state index in [0.717, 1.165) is 112 Å². The second-order valence-electron chi connectivity index (χ2n) is 14.0. The maximum absolute atomic E-state index is 13.7. The number of benzene rings is 2. The van der Waals surface area contributed by atoms with Gasteiger partial charge in [0.1, 0.15) is 5.75 Å². The molecule has 48 heavy (non-hydrogen) atoms. The molecule has 5 heteroatoms. The van der Waals surface area contributed by atoms with Crippen molar-refractivity contribution >= 4 is 17.3 Å². The van der Waals surface area contributed by atoms with Crippen LogP contribution in [0.25, 0.3) is 0 Å². The van der Waals surface area contributed by atoms with E-state index >= 15 is 0 Å². The van der Waals surface area contributed by atoms with Gasteiger partial charge in [-0.15, -0.1) is 0 Å². The van der Waals surface area contributed by atoms with E-state index in [-0.39, 0.29) is 29.7 Å². The number of rotatable bonds is 21. The van der Waals surface area contributed by atoms with Crippen LogP contribution in [0.3, 0.4) is 0 Å². The molecule has 0 N–H and O–H groups in total. The van der Waals surface area contributed by atoms with Crippen LogP contribution < -0.4 is 4.74 Å². The second kappa shape index (κ2) is 18.7. The maximum Gasteiger partial charge on any atom is 0.166 e. The molecule has 0 amide bonds. The Morgan fingerprint density at radius 1 is 1.02 bits per heavy atom. The minimum Gasteiger partial charge on any atom is -0.497 e. The Morgan fingerprint density at radius 3 is 2.54 bits per heavy atom. The zero-order valence-corrected chi connectivity index (χ0v) is 29.8. The summed E-state index contributed by atoms with van der Waals surface area (Å²) in [6, 6.07) is 14.3. The van der Waals surface area contributed by atoms with Crippen LogP contribution in [0.2, 0.25) is 0 Å². The molecule has 0 radical (unpaired) electrons. The fourth-order valence-electron chi connectivity index (χ4n) is 6.75. The Hall–Kier alpha value is -3.73. The van der Waals surface area contributed by atoms with E-state index < -0.39 is 0 Å². The number of methoxy groups -OCH3 is 1. The smallest absolute Gasteiger partial charge is 0.166 e. The Labute approximate surface area is 288 Å². The van der Waals surface area contributed by atoms with E-state index in [1.165, 1.54) is 5.56 Å². The standard InChI is InChI=1S/C43H56O5/c1-6-12-33(14-10-15-34-16-11-19-40(26-34)47-5)25-37-23-24-38(43(46)30(2)13-9-18-36-17-7-8-20-41(36)44)27-39(37)28-42(45)31(3)29-48-32(4)35-21-22-35/h11,16-17,19,23-24,26-27,29-30,33,35H,4,6-10,12-15,18,20-22,25,28H2,1-3,5H3. The zero-order valence-electron chi connectivity index (χ0n) is 29.8. The maximum atomic E-state index is 13.7. The molecule has 5 nitrogen and oxygen atoms in total. The van der Waals surface area contributed by atoms with Gasteiger partial charge in [0, 0.05) is 35.8 Å². The van der Waals surface area contributed by atoms with Crippen molar-refractivity contribution in [1.29, 1.82) is 0 Å². The Morgan fingerprint density at radius 2 is 1.81 bits per heavy atom. The fourth-order valence-corrected chi connectivity index (χ4v) is 6.75. The number of carbonyl (C=O) groups excluding carboxylic acids is 3. The first kappa shape index (κ1) is 37.1. The van der Waals surface area contributed by atoms with Gasteiger partial charge >= 0.3 is 0 Å². The largest absolute Gasteiger partial charge is 0.497 e. The normalized spacial score (nSPS) is 16.2. The summed E-state index contributed by atoms with van der Waals surface area (Å²) in [4.78, 5) is 39.4. The van der Waals surface area contributed by atoms with Crippen molar-refractivity contribution in [3.05, 3.63) is 101 Å². The summed E-state index contributed by atoms with van der Waals surface area (Å²) in [6.07, 6.45) is 17.1. The third-order valence-corrected chi connectivity index (χ3v) is 10.0. The molecule has 1 saturated carbocycles. The van der Waals surface area contributed by atoms with E-state index in [0.29, 0.717) is 29.4 Å². The van der Waals surface area contributed by atoms with Gasteiger partial charge < -0.3 is 9.47 Å². The molecule has 258 valence electrons. The first-order valence-corrected chi connectivity index (χ1v) is 18.2. The summed E-state index contributed by atoms with van der Waals surface area (Å²) in [5.41, 5.74) is 5.51. The van der Waals surface area contributed by atoms with Crippen molar-refractivity contribution in [3.63, 3.8) is 0 Å². The number of ether oxygens (including phenoxy) is 2. The van der Waals surface area contributed by atoms with Crippen LogP contribution in [0.1, 0.15) is 125 Å². The van der Waals surface area contributed by atoms with Gasteiger partial charge in [0.05, 0.1) is 19.1 Å². The van der Waals surface area contributed by atoms with Crippen LogP contribution in [0.4, 0.5) is 0 Å². The number of hydrogen-bond acceptors (Lipinski definition) is 5. The molecule has 2 atom stereocenters. The van der Waals surface area contributed by atoms with Crippen LogP contribution in [0.5, 0.6) is 5.75 Å². The van der Waals surface area contributed by atoms with E-state index in [1.807, 2.05) is 31.2 Å². The Kier molecular flexibility index (Phi) is 14.5. The average molecular weight is 653 g/mol. The molecule has 0 aromatic heterocycles. The molecule has 2 unspecified atom stereocenters. The van der Waals surface area contributed by atoms with Gasteiger partial charge in [0.25, 0.3) is 0 Å². The summed E-state index contributed by atoms with van der Waals surface area (Å²) >= 11 is 0. The molecule has 2 aromatic rings. The molecule has 0 bridgehead atoms. The van der Waals surface area contributed by atoms with Crippen molar-refractivity contribution in [2.24, 2.45) is 17.8 Å². The molecule has 0 aliphatic heterocycles. The zero-order chi connectivity index (χ0) is 34.5. The second-order valence-corrected chi connectivity index (χ2v) is 14.0.